The molecule has 0 bridgehead atoms. The van der Waals surface area contributed by atoms with Crippen molar-refractivity contribution in [2.75, 3.05) is 25.0 Å². The molecule has 0 unspecified atom stereocenters. The van der Waals surface area contributed by atoms with Crippen LogP contribution in [0.25, 0.3) is 10.9 Å². The SMILES string of the molecule is Cc1nc(NCCN2CCCc3c([nH]c4ccc(Cl)cc34)C2)ccc1Cl. The van der Waals surface area contributed by atoms with Crippen LogP contribution >= 0.6 is 23.2 Å². The third-order valence-electron chi connectivity index (χ3n) is 4.99. The third kappa shape index (κ3) is 3.68. The molecular formula is C20H22Cl2N4. The fraction of sp³-hybridized carbons (Fsp3) is 0.350. The summed E-state index contributed by atoms with van der Waals surface area (Å²) in [7, 11) is 0. The van der Waals surface area contributed by atoms with E-state index in [0.717, 1.165) is 55.6 Å². The third-order valence-corrected chi connectivity index (χ3v) is 5.63. The van der Waals surface area contributed by atoms with Crippen LogP contribution in [0.2, 0.25) is 10.0 Å². The number of halogens is 2. The number of rotatable bonds is 4. The molecule has 0 spiro atoms. The maximum absolute atomic E-state index is 6.19. The van der Waals surface area contributed by atoms with Crippen LogP contribution in [0.1, 0.15) is 23.4 Å². The summed E-state index contributed by atoms with van der Waals surface area (Å²) in [6, 6.07) is 9.92. The van der Waals surface area contributed by atoms with Crippen molar-refractivity contribution in [2.45, 2.75) is 26.3 Å². The van der Waals surface area contributed by atoms with Gasteiger partial charge >= 0.3 is 0 Å². The number of pyridine rings is 1. The molecule has 4 rings (SSSR count). The predicted octanol–water partition coefficient (Wildman–Crippen LogP) is 5.04. The van der Waals surface area contributed by atoms with Crippen molar-refractivity contribution >= 4 is 39.9 Å². The Morgan fingerprint density at radius 3 is 2.96 bits per heavy atom. The molecule has 1 aromatic carbocycles. The molecule has 0 amide bonds. The first-order valence-electron chi connectivity index (χ1n) is 8.98. The van der Waals surface area contributed by atoms with E-state index in [0.29, 0.717) is 5.02 Å². The van der Waals surface area contributed by atoms with Gasteiger partial charge in [0.25, 0.3) is 0 Å². The molecule has 26 heavy (non-hydrogen) atoms. The number of nitrogens with one attached hydrogen (secondary N) is 2. The van der Waals surface area contributed by atoms with Crippen LogP contribution in [-0.4, -0.2) is 34.5 Å². The predicted molar refractivity (Wildman–Crippen MR) is 109 cm³/mol. The lowest BCUT2D eigenvalue weighted by Gasteiger charge is -2.20. The number of aromatic nitrogens is 2. The lowest BCUT2D eigenvalue weighted by Crippen LogP contribution is -2.29. The number of anilines is 1. The van der Waals surface area contributed by atoms with E-state index in [4.69, 9.17) is 23.2 Å². The fourth-order valence-corrected chi connectivity index (χ4v) is 3.93. The fourth-order valence-electron chi connectivity index (χ4n) is 3.65. The quantitative estimate of drug-likeness (QED) is 0.657. The van der Waals surface area contributed by atoms with Crippen LogP contribution in [0.4, 0.5) is 5.82 Å². The number of hydrogen-bond donors (Lipinski definition) is 2. The Labute approximate surface area is 163 Å². The average Bonchev–Trinajstić information content (AvgIpc) is 2.82. The highest BCUT2D eigenvalue weighted by atomic mass is 35.5. The molecule has 0 saturated heterocycles. The molecule has 2 aromatic heterocycles. The van der Waals surface area contributed by atoms with Crippen molar-refractivity contribution < 1.29 is 0 Å². The molecule has 1 aliphatic heterocycles. The van der Waals surface area contributed by atoms with Crippen molar-refractivity contribution in [3.05, 3.63) is 57.3 Å². The molecule has 6 heteroatoms. The van der Waals surface area contributed by atoms with E-state index >= 15 is 0 Å². The first-order valence-corrected chi connectivity index (χ1v) is 9.74. The van der Waals surface area contributed by atoms with Gasteiger partial charge in [-0.3, -0.25) is 4.90 Å². The van der Waals surface area contributed by atoms with Gasteiger partial charge in [-0.15, -0.1) is 0 Å². The van der Waals surface area contributed by atoms with Gasteiger partial charge in [-0.25, -0.2) is 4.98 Å². The number of hydrogen-bond acceptors (Lipinski definition) is 3. The normalized spacial score (nSPS) is 15.0. The second kappa shape index (κ2) is 7.47. The molecular weight excluding hydrogens is 367 g/mol. The van der Waals surface area contributed by atoms with Gasteiger partial charge in [0.15, 0.2) is 0 Å². The highest BCUT2D eigenvalue weighted by Gasteiger charge is 2.18. The number of H-pyrrole nitrogens is 1. The van der Waals surface area contributed by atoms with Gasteiger partial charge in [-0.1, -0.05) is 23.2 Å². The molecule has 136 valence electrons. The van der Waals surface area contributed by atoms with E-state index in [1.54, 1.807) is 0 Å². The van der Waals surface area contributed by atoms with Gasteiger partial charge in [0.2, 0.25) is 0 Å². The maximum Gasteiger partial charge on any atom is 0.126 e. The van der Waals surface area contributed by atoms with Crippen LogP contribution in [0, 0.1) is 6.92 Å². The van der Waals surface area contributed by atoms with Crippen LogP contribution in [0.15, 0.2) is 30.3 Å². The van der Waals surface area contributed by atoms with Crippen molar-refractivity contribution in [2.24, 2.45) is 0 Å². The van der Waals surface area contributed by atoms with E-state index in [1.165, 1.54) is 22.2 Å². The van der Waals surface area contributed by atoms with Gasteiger partial charge in [-0.2, -0.15) is 0 Å². The monoisotopic (exact) mass is 388 g/mol. The van der Waals surface area contributed by atoms with Crippen LogP contribution in [0.3, 0.4) is 0 Å². The summed E-state index contributed by atoms with van der Waals surface area (Å²) >= 11 is 12.2. The second-order valence-corrected chi connectivity index (χ2v) is 7.69. The Hall–Kier alpha value is -1.75. The molecule has 0 saturated carbocycles. The Morgan fingerprint density at radius 2 is 2.12 bits per heavy atom. The molecule has 0 aliphatic carbocycles. The summed E-state index contributed by atoms with van der Waals surface area (Å²) < 4.78 is 0. The molecule has 2 N–H and O–H groups in total. The van der Waals surface area contributed by atoms with Gasteiger partial charge < -0.3 is 10.3 Å². The first-order chi connectivity index (χ1) is 12.6. The lowest BCUT2D eigenvalue weighted by atomic mass is 10.1. The first kappa shape index (κ1) is 17.7. The van der Waals surface area contributed by atoms with E-state index in [-0.39, 0.29) is 0 Å². The van der Waals surface area contributed by atoms with Crippen molar-refractivity contribution in [1.82, 2.24) is 14.9 Å². The largest absolute Gasteiger partial charge is 0.369 e. The Bertz CT molecular complexity index is 935. The highest BCUT2D eigenvalue weighted by Crippen LogP contribution is 2.29. The van der Waals surface area contributed by atoms with E-state index in [9.17, 15) is 0 Å². The summed E-state index contributed by atoms with van der Waals surface area (Å²) in [5, 5.41) is 6.18. The van der Waals surface area contributed by atoms with Crippen molar-refractivity contribution in [1.29, 1.82) is 0 Å². The topological polar surface area (TPSA) is 44.0 Å². The minimum atomic E-state index is 0.703. The summed E-state index contributed by atoms with van der Waals surface area (Å²) in [4.78, 5) is 10.5. The zero-order valence-corrected chi connectivity index (χ0v) is 16.3. The van der Waals surface area contributed by atoms with Gasteiger partial charge in [0.05, 0.1) is 10.7 Å². The van der Waals surface area contributed by atoms with E-state index < -0.39 is 0 Å². The molecule has 1 aliphatic rings. The zero-order valence-electron chi connectivity index (χ0n) is 14.8. The van der Waals surface area contributed by atoms with Gasteiger partial charge in [0, 0.05) is 41.3 Å². The van der Waals surface area contributed by atoms with E-state index in [2.05, 4.69) is 32.3 Å². The summed E-state index contributed by atoms with van der Waals surface area (Å²) in [6.07, 6.45) is 2.25. The number of benzene rings is 1. The minimum Gasteiger partial charge on any atom is -0.369 e. The number of nitrogens with zero attached hydrogens (tertiary/aromatic N) is 2. The summed E-state index contributed by atoms with van der Waals surface area (Å²) in [6.45, 7) is 5.79. The summed E-state index contributed by atoms with van der Waals surface area (Å²) in [5.74, 6) is 0.877. The molecule has 4 nitrogen and oxygen atoms in total. The Kier molecular flexibility index (Phi) is 5.07. The number of fused-ring (bicyclic) bond motifs is 3. The molecule has 0 atom stereocenters. The zero-order chi connectivity index (χ0) is 18.1. The standard InChI is InChI=1S/C20H22Cl2N4/c1-13-17(22)5-7-20(24-13)23-8-10-26-9-2-3-15-16-11-14(21)4-6-18(16)25-19(15)12-26/h4-7,11,25H,2-3,8-10,12H2,1H3,(H,23,24). The average molecular weight is 389 g/mol. The van der Waals surface area contributed by atoms with Gasteiger partial charge in [-0.05, 0) is 62.2 Å². The van der Waals surface area contributed by atoms with Crippen molar-refractivity contribution in [3.8, 4) is 0 Å². The smallest absolute Gasteiger partial charge is 0.126 e. The summed E-state index contributed by atoms with van der Waals surface area (Å²) in [5.41, 5.74) is 4.78. The molecule has 3 aromatic rings. The van der Waals surface area contributed by atoms with Gasteiger partial charge in [0.1, 0.15) is 5.82 Å². The second-order valence-electron chi connectivity index (χ2n) is 6.84. The van der Waals surface area contributed by atoms with Crippen molar-refractivity contribution in [3.63, 3.8) is 0 Å². The maximum atomic E-state index is 6.19. The molecule has 3 heterocycles. The molecule has 0 radical (unpaired) electrons. The Morgan fingerprint density at radius 1 is 1.23 bits per heavy atom. The molecule has 0 fully saturated rings. The highest BCUT2D eigenvalue weighted by molar-refractivity contribution is 6.31. The number of aromatic amines is 1. The van der Waals surface area contributed by atoms with E-state index in [1.807, 2.05) is 25.1 Å². The van der Waals surface area contributed by atoms with Crippen LogP contribution in [0.5, 0.6) is 0 Å². The number of aryl methyl sites for hydroxylation is 2. The van der Waals surface area contributed by atoms with Crippen LogP contribution < -0.4 is 5.32 Å². The minimum absolute atomic E-state index is 0.703. The Balaban J connectivity index is 1.42. The lowest BCUT2D eigenvalue weighted by molar-refractivity contribution is 0.277. The van der Waals surface area contributed by atoms with Crippen LogP contribution in [-0.2, 0) is 13.0 Å².